The van der Waals surface area contributed by atoms with Gasteiger partial charge >= 0.3 is 0 Å². The summed E-state index contributed by atoms with van der Waals surface area (Å²) in [6.07, 6.45) is 2.29. The third kappa shape index (κ3) is 5.26. The lowest BCUT2D eigenvalue weighted by atomic mass is 9.94. The minimum atomic E-state index is -3.61. The Bertz CT molecular complexity index is 1160. The lowest BCUT2D eigenvalue weighted by Gasteiger charge is -2.31. The van der Waals surface area contributed by atoms with Gasteiger partial charge in [-0.1, -0.05) is 0 Å². The Morgan fingerprint density at radius 2 is 1.76 bits per heavy atom. The summed E-state index contributed by atoms with van der Waals surface area (Å²) in [7, 11) is -3.61. The molecule has 2 aromatic carbocycles. The highest BCUT2D eigenvalue weighted by atomic mass is 32.2. The molecule has 2 amide bonds. The van der Waals surface area contributed by atoms with Crippen molar-refractivity contribution in [1.82, 2.24) is 4.31 Å². The minimum absolute atomic E-state index is 0.0389. The number of amides is 2. The van der Waals surface area contributed by atoms with Crippen molar-refractivity contribution in [2.75, 3.05) is 36.5 Å². The van der Waals surface area contributed by atoms with Crippen LogP contribution in [0.1, 0.15) is 38.7 Å². The average molecular weight is 486 g/mol. The van der Waals surface area contributed by atoms with Crippen LogP contribution in [0.4, 0.5) is 11.4 Å². The highest BCUT2D eigenvalue weighted by Crippen LogP contribution is 2.32. The van der Waals surface area contributed by atoms with Crippen LogP contribution >= 0.6 is 0 Å². The van der Waals surface area contributed by atoms with Gasteiger partial charge in [-0.2, -0.15) is 4.31 Å². The van der Waals surface area contributed by atoms with Crippen LogP contribution in [0.25, 0.3) is 0 Å². The van der Waals surface area contributed by atoms with E-state index in [0.717, 1.165) is 17.0 Å². The molecule has 2 aromatic rings. The van der Waals surface area contributed by atoms with Gasteiger partial charge in [-0.3, -0.25) is 9.59 Å². The van der Waals surface area contributed by atoms with Crippen molar-refractivity contribution in [1.29, 1.82) is 0 Å². The molecule has 4 rings (SSSR count). The number of piperidine rings is 1. The number of nitrogens with zero attached hydrogens (tertiary/aromatic N) is 2. The van der Waals surface area contributed by atoms with Crippen LogP contribution < -0.4 is 15.0 Å². The second-order valence-corrected chi connectivity index (χ2v) is 10.7. The smallest absolute Gasteiger partial charge is 0.243 e. The van der Waals surface area contributed by atoms with Gasteiger partial charge in [0.25, 0.3) is 0 Å². The quantitative estimate of drug-likeness (QED) is 0.648. The number of hydrogen-bond donors (Lipinski definition) is 1. The van der Waals surface area contributed by atoms with Crippen LogP contribution in [0.5, 0.6) is 5.75 Å². The van der Waals surface area contributed by atoms with E-state index in [-0.39, 0.29) is 22.6 Å². The van der Waals surface area contributed by atoms with E-state index in [4.69, 9.17) is 4.74 Å². The first-order valence-electron chi connectivity index (χ1n) is 11.7. The Balaban J connectivity index is 1.31. The molecule has 1 saturated heterocycles. The van der Waals surface area contributed by atoms with Crippen molar-refractivity contribution < 1.29 is 22.7 Å². The fraction of sp³-hybridized carbons (Fsp3) is 0.440. The van der Waals surface area contributed by atoms with Crippen molar-refractivity contribution in [2.45, 2.75) is 44.4 Å². The second-order valence-electron chi connectivity index (χ2n) is 8.77. The van der Waals surface area contributed by atoms with E-state index < -0.39 is 10.0 Å². The van der Waals surface area contributed by atoms with Crippen molar-refractivity contribution in [3.8, 4) is 5.75 Å². The maximum atomic E-state index is 13.2. The molecule has 182 valence electrons. The zero-order chi connectivity index (χ0) is 24.3. The van der Waals surface area contributed by atoms with E-state index in [1.54, 1.807) is 23.1 Å². The number of rotatable bonds is 7. The first-order valence-corrected chi connectivity index (χ1v) is 13.2. The van der Waals surface area contributed by atoms with Gasteiger partial charge in [-0.15, -0.1) is 0 Å². The molecule has 1 N–H and O–H groups in total. The van der Waals surface area contributed by atoms with Gasteiger partial charge in [0.2, 0.25) is 21.8 Å². The average Bonchev–Trinajstić information content (AvgIpc) is 3.25. The van der Waals surface area contributed by atoms with Crippen LogP contribution in [0.2, 0.25) is 0 Å². The number of hydrogen-bond acceptors (Lipinski definition) is 5. The van der Waals surface area contributed by atoms with Crippen LogP contribution in [0, 0.1) is 5.92 Å². The normalized spacial score (nSPS) is 16.8. The van der Waals surface area contributed by atoms with Crippen molar-refractivity contribution >= 4 is 33.2 Å². The third-order valence-corrected chi connectivity index (χ3v) is 8.36. The van der Waals surface area contributed by atoms with E-state index in [9.17, 15) is 18.0 Å². The molecule has 2 aliphatic rings. The summed E-state index contributed by atoms with van der Waals surface area (Å²) in [6.45, 7) is 5.38. The maximum absolute atomic E-state index is 13.2. The van der Waals surface area contributed by atoms with Crippen LogP contribution in [-0.4, -0.2) is 50.8 Å². The van der Waals surface area contributed by atoms with Gasteiger partial charge in [0.1, 0.15) is 5.75 Å². The molecular weight excluding hydrogens is 454 g/mol. The van der Waals surface area contributed by atoms with Crippen LogP contribution in [0.15, 0.2) is 47.4 Å². The largest absolute Gasteiger partial charge is 0.494 e. The number of sulfonamides is 1. The van der Waals surface area contributed by atoms with Gasteiger partial charge in [0.15, 0.2) is 0 Å². The molecule has 2 aliphatic heterocycles. The predicted molar refractivity (Wildman–Crippen MR) is 131 cm³/mol. The molecule has 0 spiro atoms. The van der Waals surface area contributed by atoms with Gasteiger partial charge in [-0.25, -0.2) is 8.42 Å². The Labute approximate surface area is 200 Å². The molecule has 0 aliphatic carbocycles. The van der Waals surface area contributed by atoms with Crippen molar-refractivity contribution in [3.05, 3.63) is 48.0 Å². The molecule has 0 radical (unpaired) electrons. The fourth-order valence-electron chi connectivity index (χ4n) is 4.64. The number of carbonyl (C=O) groups is 2. The topological polar surface area (TPSA) is 96.0 Å². The molecule has 8 nitrogen and oxygen atoms in total. The van der Waals surface area contributed by atoms with E-state index in [1.807, 2.05) is 31.2 Å². The molecule has 0 unspecified atom stereocenters. The van der Waals surface area contributed by atoms with Crippen LogP contribution in [0.3, 0.4) is 0 Å². The van der Waals surface area contributed by atoms with Gasteiger partial charge in [-0.05, 0) is 80.1 Å². The molecule has 0 bridgehead atoms. The van der Waals surface area contributed by atoms with E-state index >= 15 is 0 Å². The SMILES string of the molecule is CCOc1ccc(NC(=O)CC2CCN(S(=O)(=O)c3ccc4c(c3)CCN4C(C)=O)CC2)cc1. The lowest BCUT2D eigenvalue weighted by molar-refractivity contribution is -0.117. The highest BCUT2D eigenvalue weighted by molar-refractivity contribution is 7.89. The first kappa shape index (κ1) is 24.2. The monoisotopic (exact) mass is 485 g/mol. The zero-order valence-corrected chi connectivity index (χ0v) is 20.4. The molecule has 0 saturated carbocycles. The summed E-state index contributed by atoms with van der Waals surface area (Å²) in [5, 5.41) is 2.91. The van der Waals surface area contributed by atoms with E-state index in [2.05, 4.69) is 5.32 Å². The van der Waals surface area contributed by atoms with E-state index in [1.165, 1.54) is 11.2 Å². The maximum Gasteiger partial charge on any atom is 0.243 e. The number of benzene rings is 2. The highest BCUT2D eigenvalue weighted by Gasteiger charge is 2.32. The summed E-state index contributed by atoms with van der Waals surface area (Å²) in [5.74, 6) is 0.786. The number of nitrogens with one attached hydrogen (secondary N) is 1. The summed E-state index contributed by atoms with van der Waals surface area (Å²) < 4.78 is 33.3. The molecule has 1 fully saturated rings. The zero-order valence-electron chi connectivity index (χ0n) is 19.6. The Morgan fingerprint density at radius 3 is 2.41 bits per heavy atom. The summed E-state index contributed by atoms with van der Waals surface area (Å²) in [5.41, 5.74) is 2.40. The molecule has 34 heavy (non-hydrogen) atoms. The summed E-state index contributed by atoms with van der Waals surface area (Å²) in [4.78, 5) is 26.2. The number of anilines is 2. The summed E-state index contributed by atoms with van der Waals surface area (Å²) in [6, 6.07) is 12.3. The third-order valence-electron chi connectivity index (χ3n) is 6.46. The van der Waals surface area contributed by atoms with E-state index in [0.29, 0.717) is 57.6 Å². The lowest BCUT2D eigenvalue weighted by Crippen LogP contribution is -2.39. The Morgan fingerprint density at radius 1 is 1.06 bits per heavy atom. The summed E-state index contributed by atoms with van der Waals surface area (Å²) >= 11 is 0. The second kappa shape index (κ2) is 10.1. The standard InChI is InChI=1S/C25H31N3O5S/c1-3-33-22-6-4-21(5-7-22)26-25(30)16-19-10-13-27(14-11-19)34(31,32)23-8-9-24-20(17-23)12-15-28(24)18(2)29/h4-9,17,19H,3,10-16H2,1-2H3,(H,26,30). The molecule has 2 heterocycles. The predicted octanol–water partition coefficient (Wildman–Crippen LogP) is 3.42. The number of fused-ring (bicyclic) bond motifs is 1. The fourth-order valence-corrected chi connectivity index (χ4v) is 6.16. The van der Waals surface area contributed by atoms with Crippen molar-refractivity contribution in [3.63, 3.8) is 0 Å². The Hall–Kier alpha value is -2.91. The van der Waals surface area contributed by atoms with Gasteiger partial charge in [0.05, 0.1) is 11.5 Å². The van der Waals surface area contributed by atoms with Crippen molar-refractivity contribution in [2.24, 2.45) is 5.92 Å². The van der Waals surface area contributed by atoms with Gasteiger partial charge < -0.3 is 15.0 Å². The molecular formula is C25H31N3O5S. The Kier molecular flexibility index (Phi) is 7.23. The molecule has 0 atom stereocenters. The first-order chi connectivity index (χ1) is 16.3. The van der Waals surface area contributed by atoms with Crippen LogP contribution in [-0.2, 0) is 26.0 Å². The minimum Gasteiger partial charge on any atom is -0.494 e. The molecule has 9 heteroatoms. The van der Waals surface area contributed by atoms with Gasteiger partial charge in [0, 0.05) is 44.4 Å². The molecule has 0 aromatic heterocycles. The number of carbonyl (C=O) groups excluding carboxylic acids is 2. The number of ether oxygens (including phenoxy) is 1.